The fourth-order valence-electron chi connectivity index (χ4n) is 2.11. The van der Waals surface area contributed by atoms with Crippen LogP contribution in [0.25, 0.3) is 0 Å². The van der Waals surface area contributed by atoms with Gasteiger partial charge in [-0.05, 0) is 23.4 Å². The summed E-state index contributed by atoms with van der Waals surface area (Å²) in [6, 6.07) is 2.46. The second-order valence-electron chi connectivity index (χ2n) is 4.60. The molecule has 1 aliphatic heterocycles. The zero-order chi connectivity index (χ0) is 13.7. The highest BCUT2D eigenvalue weighted by molar-refractivity contribution is 8.01. The number of nitrogens with one attached hydrogen (secondary N) is 2. The van der Waals surface area contributed by atoms with Gasteiger partial charge in [-0.1, -0.05) is 6.92 Å². The van der Waals surface area contributed by atoms with Crippen LogP contribution in [0.15, 0.2) is 15.7 Å². The van der Waals surface area contributed by atoms with Crippen LogP contribution < -0.4 is 10.6 Å². The molecular weight excluding hydrogens is 280 g/mol. The van der Waals surface area contributed by atoms with Crippen LogP contribution in [0.3, 0.4) is 0 Å². The van der Waals surface area contributed by atoms with Gasteiger partial charge >= 0.3 is 0 Å². The van der Waals surface area contributed by atoms with Crippen LogP contribution in [0.4, 0.5) is 0 Å². The van der Waals surface area contributed by atoms with E-state index in [4.69, 9.17) is 4.74 Å². The fourth-order valence-corrected chi connectivity index (χ4v) is 4.68. The van der Waals surface area contributed by atoms with Gasteiger partial charge in [-0.25, -0.2) is 0 Å². The Balaban J connectivity index is 1.82. The maximum absolute atomic E-state index is 11.7. The van der Waals surface area contributed by atoms with Crippen molar-refractivity contribution >= 4 is 29.0 Å². The van der Waals surface area contributed by atoms with E-state index in [1.54, 1.807) is 18.4 Å². The van der Waals surface area contributed by atoms with Gasteiger partial charge in [0.05, 0.1) is 17.4 Å². The molecular formula is C13H20N2O2S2. The molecule has 0 radical (unpaired) electrons. The quantitative estimate of drug-likeness (QED) is 0.789. The lowest BCUT2D eigenvalue weighted by Gasteiger charge is -2.27. The predicted octanol–water partition coefficient (Wildman–Crippen LogP) is 2.03. The minimum absolute atomic E-state index is 0.0275. The van der Waals surface area contributed by atoms with Crippen molar-refractivity contribution in [2.45, 2.75) is 28.8 Å². The number of thioether (sulfide) groups is 1. The maximum atomic E-state index is 11.7. The largest absolute Gasteiger partial charge is 0.383 e. The number of hydrogen-bond acceptors (Lipinski definition) is 5. The molecule has 0 aliphatic carbocycles. The van der Waals surface area contributed by atoms with Crippen molar-refractivity contribution in [1.29, 1.82) is 0 Å². The van der Waals surface area contributed by atoms with Crippen molar-refractivity contribution in [2.75, 3.05) is 26.8 Å². The molecule has 1 aromatic rings. The average Bonchev–Trinajstić information content (AvgIpc) is 2.84. The van der Waals surface area contributed by atoms with Gasteiger partial charge in [-0.3, -0.25) is 4.79 Å². The Hall–Kier alpha value is -0.560. The minimum atomic E-state index is 0.0275. The Labute approximate surface area is 122 Å². The highest BCUT2D eigenvalue weighted by atomic mass is 32.2. The van der Waals surface area contributed by atoms with Gasteiger partial charge in [0.2, 0.25) is 5.91 Å². The number of hydrogen-bond donors (Lipinski definition) is 2. The number of methoxy groups -OCH3 is 1. The number of carbonyl (C=O) groups excluding carboxylic acids is 1. The van der Waals surface area contributed by atoms with Crippen molar-refractivity contribution in [3.63, 3.8) is 0 Å². The monoisotopic (exact) mass is 300 g/mol. The van der Waals surface area contributed by atoms with Crippen molar-refractivity contribution in [3.05, 3.63) is 17.0 Å². The molecule has 0 saturated heterocycles. The SMILES string of the molecule is COCCNC(=O)CNC1C[C@H](C)Sc2sccc21. The minimum Gasteiger partial charge on any atom is -0.383 e. The van der Waals surface area contributed by atoms with Crippen LogP contribution in [0.1, 0.15) is 24.9 Å². The molecule has 0 spiro atoms. The van der Waals surface area contributed by atoms with E-state index in [1.807, 2.05) is 11.8 Å². The summed E-state index contributed by atoms with van der Waals surface area (Å²) in [6.07, 6.45) is 1.07. The first-order valence-corrected chi connectivity index (χ1v) is 8.19. The Kier molecular flexibility index (Phi) is 5.69. The normalized spacial score (nSPS) is 22.0. The molecule has 2 rings (SSSR count). The standard InChI is InChI=1S/C13H20N2O2S2/c1-9-7-11(10-3-6-18-13(10)19-9)15-8-12(16)14-4-5-17-2/h3,6,9,11,15H,4-5,7-8H2,1-2H3,(H,14,16)/t9-,11?/m0/s1. The Bertz CT molecular complexity index is 423. The third-order valence-electron chi connectivity index (χ3n) is 3.05. The molecule has 2 N–H and O–H groups in total. The van der Waals surface area contributed by atoms with E-state index in [-0.39, 0.29) is 5.91 Å². The summed E-state index contributed by atoms with van der Waals surface area (Å²) in [6.45, 7) is 3.72. The Morgan fingerprint density at radius 3 is 3.21 bits per heavy atom. The molecule has 2 heterocycles. The fraction of sp³-hybridized carbons (Fsp3) is 0.615. The van der Waals surface area contributed by atoms with Gasteiger partial charge in [-0.2, -0.15) is 0 Å². The third kappa shape index (κ3) is 4.21. The molecule has 1 aromatic heterocycles. The summed E-state index contributed by atoms with van der Waals surface area (Å²) in [5, 5.41) is 8.91. The summed E-state index contributed by atoms with van der Waals surface area (Å²) in [4.78, 5) is 11.7. The number of fused-ring (bicyclic) bond motifs is 1. The first-order chi connectivity index (χ1) is 9.20. The number of thiophene rings is 1. The lowest BCUT2D eigenvalue weighted by Crippen LogP contribution is -2.38. The Morgan fingerprint density at radius 1 is 1.58 bits per heavy atom. The zero-order valence-corrected chi connectivity index (χ0v) is 12.9. The number of carbonyl (C=O) groups is 1. The Morgan fingerprint density at radius 2 is 2.42 bits per heavy atom. The maximum Gasteiger partial charge on any atom is 0.234 e. The van der Waals surface area contributed by atoms with E-state index in [2.05, 4.69) is 29.0 Å². The van der Waals surface area contributed by atoms with Gasteiger partial charge in [-0.15, -0.1) is 23.1 Å². The van der Waals surface area contributed by atoms with Crippen LogP contribution in [0, 0.1) is 0 Å². The second kappa shape index (κ2) is 7.28. The molecule has 1 amide bonds. The molecule has 19 heavy (non-hydrogen) atoms. The van der Waals surface area contributed by atoms with Crippen LogP contribution in [0.2, 0.25) is 0 Å². The van der Waals surface area contributed by atoms with Crippen LogP contribution in [0.5, 0.6) is 0 Å². The van der Waals surface area contributed by atoms with Crippen molar-refractivity contribution in [2.24, 2.45) is 0 Å². The van der Waals surface area contributed by atoms with Crippen molar-refractivity contribution in [1.82, 2.24) is 10.6 Å². The predicted molar refractivity (Wildman–Crippen MR) is 79.9 cm³/mol. The molecule has 1 aliphatic rings. The summed E-state index contributed by atoms with van der Waals surface area (Å²) in [5.41, 5.74) is 1.35. The lowest BCUT2D eigenvalue weighted by atomic mass is 10.0. The summed E-state index contributed by atoms with van der Waals surface area (Å²) in [7, 11) is 1.63. The van der Waals surface area contributed by atoms with Crippen molar-refractivity contribution in [3.8, 4) is 0 Å². The molecule has 0 aromatic carbocycles. The first kappa shape index (κ1) is 14.8. The van der Waals surface area contributed by atoms with E-state index in [1.165, 1.54) is 9.77 Å². The molecule has 0 fully saturated rings. The van der Waals surface area contributed by atoms with Crippen molar-refractivity contribution < 1.29 is 9.53 Å². The third-order valence-corrected chi connectivity index (χ3v) is 5.39. The van der Waals surface area contributed by atoms with E-state index in [0.717, 1.165) is 6.42 Å². The molecule has 6 heteroatoms. The summed E-state index contributed by atoms with van der Waals surface area (Å²) >= 11 is 3.72. The van der Waals surface area contributed by atoms with Gasteiger partial charge in [0.25, 0.3) is 0 Å². The molecule has 4 nitrogen and oxygen atoms in total. The summed E-state index contributed by atoms with van der Waals surface area (Å²) < 4.78 is 6.29. The van der Waals surface area contributed by atoms with E-state index in [9.17, 15) is 4.79 Å². The van der Waals surface area contributed by atoms with Gasteiger partial charge < -0.3 is 15.4 Å². The van der Waals surface area contributed by atoms with E-state index in [0.29, 0.717) is 31.0 Å². The number of rotatable bonds is 6. The highest BCUT2D eigenvalue weighted by Gasteiger charge is 2.26. The summed E-state index contributed by atoms with van der Waals surface area (Å²) in [5.74, 6) is 0.0275. The van der Waals surface area contributed by atoms with Gasteiger partial charge in [0, 0.05) is 24.9 Å². The molecule has 0 saturated carbocycles. The second-order valence-corrected chi connectivity index (χ2v) is 7.23. The molecule has 2 atom stereocenters. The highest BCUT2D eigenvalue weighted by Crippen LogP contribution is 2.43. The lowest BCUT2D eigenvalue weighted by molar-refractivity contribution is -0.120. The molecule has 106 valence electrons. The average molecular weight is 300 g/mol. The molecule has 0 bridgehead atoms. The van der Waals surface area contributed by atoms with Crippen LogP contribution in [-0.4, -0.2) is 38.0 Å². The number of amides is 1. The number of ether oxygens (including phenoxy) is 1. The van der Waals surface area contributed by atoms with E-state index < -0.39 is 0 Å². The smallest absolute Gasteiger partial charge is 0.234 e. The van der Waals surface area contributed by atoms with Gasteiger partial charge in [0.1, 0.15) is 0 Å². The van der Waals surface area contributed by atoms with Gasteiger partial charge in [0.15, 0.2) is 0 Å². The topological polar surface area (TPSA) is 50.4 Å². The van der Waals surface area contributed by atoms with E-state index >= 15 is 0 Å². The molecule has 1 unspecified atom stereocenters. The van der Waals surface area contributed by atoms with Crippen LogP contribution in [-0.2, 0) is 9.53 Å². The first-order valence-electron chi connectivity index (χ1n) is 6.43. The zero-order valence-electron chi connectivity index (χ0n) is 11.3. The van der Waals surface area contributed by atoms with Crippen LogP contribution >= 0.6 is 23.1 Å².